The molecule has 2 aromatic rings. The van der Waals surface area contributed by atoms with Gasteiger partial charge >= 0.3 is 0 Å². The molecule has 0 aliphatic carbocycles. The van der Waals surface area contributed by atoms with Crippen molar-refractivity contribution in [2.24, 2.45) is 16.8 Å². The number of nitrogens with one attached hydrogen (secondary N) is 2. The van der Waals surface area contributed by atoms with Gasteiger partial charge in [-0.2, -0.15) is 10.2 Å². The van der Waals surface area contributed by atoms with Gasteiger partial charge in [0.25, 0.3) is 5.91 Å². The van der Waals surface area contributed by atoms with Crippen molar-refractivity contribution in [3.8, 4) is 0 Å². The van der Waals surface area contributed by atoms with Crippen molar-refractivity contribution in [3.05, 3.63) is 52.8 Å². The Morgan fingerprint density at radius 3 is 2.70 bits per heavy atom. The minimum Gasteiger partial charge on any atom is -0.323 e. The molecule has 1 amide bonds. The van der Waals surface area contributed by atoms with Crippen molar-refractivity contribution in [1.82, 2.24) is 15.6 Å². The normalized spacial score (nSPS) is 11.4. The van der Waals surface area contributed by atoms with E-state index in [4.69, 9.17) is 11.7 Å². The molecular formula is C13H16N6O. The Morgan fingerprint density at radius 2 is 2.10 bits per heavy atom. The van der Waals surface area contributed by atoms with E-state index in [0.29, 0.717) is 12.1 Å². The van der Waals surface area contributed by atoms with Crippen LogP contribution in [0.15, 0.2) is 35.4 Å². The highest BCUT2D eigenvalue weighted by molar-refractivity contribution is 6.03. The molecule has 0 aliphatic rings. The lowest BCUT2D eigenvalue weighted by molar-refractivity contribution is 0.0948. The van der Waals surface area contributed by atoms with Gasteiger partial charge in [-0.1, -0.05) is 30.3 Å². The van der Waals surface area contributed by atoms with Crippen LogP contribution >= 0.6 is 0 Å². The maximum Gasteiger partial charge on any atom is 0.285 e. The number of benzene rings is 1. The van der Waals surface area contributed by atoms with E-state index in [9.17, 15) is 4.79 Å². The third kappa shape index (κ3) is 2.67. The van der Waals surface area contributed by atoms with Gasteiger partial charge in [0.1, 0.15) is 0 Å². The Balaban J connectivity index is 2.34. The summed E-state index contributed by atoms with van der Waals surface area (Å²) in [5, 5.41) is 10.5. The number of carbonyl (C=O) groups excluding carboxylic acids is 1. The lowest BCUT2D eigenvalue weighted by Gasteiger charge is -2.06. The van der Waals surface area contributed by atoms with Gasteiger partial charge in [-0.05, 0) is 12.5 Å². The summed E-state index contributed by atoms with van der Waals surface area (Å²) in [6.07, 6.45) is 0.394. The van der Waals surface area contributed by atoms with Crippen LogP contribution in [0.1, 0.15) is 27.3 Å². The predicted octanol–water partition coefficient (Wildman–Crippen LogP) is 0.227. The zero-order valence-electron chi connectivity index (χ0n) is 11.1. The first-order valence-corrected chi connectivity index (χ1v) is 6.04. The molecular weight excluding hydrogens is 256 g/mol. The molecule has 1 aromatic carbocycles. The van der Waals surface area contributed by atoms with Crippen molar-refractivity contribution in [1.29, 1.82) is 0 Å². The van der Waals surface area contributed by atoms with Crippen LogP contribution in [-0.4, -0.2) is 21.8 Å². The van der Waals surface area contributed by atoms with Crippen molar-refractivity contribution < 1.29 is 4.79 Å². The van der Waals surface area contributed by atoms with Gasteiger partial charge in [0, 0.05) is 17.7 Å². The molecule has 0 aliphatic heterocycles. The number of aromatic amines is 1. The fourth-order valence-electron chi connectivity index (χ4n) is 1.95. The quantitative estimate of drug-likeness (QED) is 0.275. The van der Waals surface area contributed by atoms with Gasteiger partial charge in [0.15, 0.2) is 5.69 Å². The molecule has 1 aromatic heterocycles. The predicted molar refractivity (Wildman–Crippen MR) is 75.8 cm³/mol. The van der Waals surface area contributed by atoms with E-state index in [2.05, 4.69) is 20.7 Å². The van der Waals surface area contributed by atoms with Crippen LogP contribution in [0.2, 0.25) is 0 Å². The number of hydrogen-bond donors (Lipinski definition) is 4. The Kier molecular flexibility index (Phi) is 4.11. The van der Waals surface area contributed by atoms with Gasteiger partial charge in [-0.3, -0.25) is 15.3 Å². The summed E-state index contributed by atoms with van der Waals surface area (Å²) >= 11 is 0. The highest BCUT2D eigenvalue weighted by Crippen LogP contribution is 2.14. The molecule has 0 saturated carbocycles. The number of aryl methyl sites for hydroxylation is 1. The van der Waals surface area contributed by atoms with E-state index in [1.165, 1.54) is 0 Å². The Labute approximate surface area is 116 Å². The number of hydrazine groups is 1. The highest BCUT2D eigenvalue weighted by atomic mass is 16.2. The number of hydrogen-bond acceptors (Lipinski definition) is 5. The van der Waals surface area contributed by atoms with Crippen molar-refractivity contribution in [3.63, 3.8) is 0 Å². The lowest BCUT2D eigenvalue weighted by atomic mass is 10.0. The molecule has 0 spiro atoms. The molecule has 104 valence electrons. The molecule has 0 bridgehead atoms. The Bertz CT molecular complexity index is 632. The van der Waals surface area contributed by atoms with E-state index in [1.54, 1.807) is 0 Å². The SMILES string of the molecule is Cc1[nH]nc(C(=O)NN)c1C/C(=N/N)c1ccccc1. The van der Waals surface area contributed by atoms with Gasteiger partial charge in [-0.25, -0.2) is 5.84 Å². The molecule has 0 unspecified atom stereocenters. The molecule has 0 saturated heterocycles. The number of nitrogen functional groups attached to an aromatic ring is 1. The van der Waals surface area contributed by atoms with E-state index >= 15 is 0 Å². The highest BCUT2D eigenvalue weighted by Gasteiger charge is 2.19. The second-order valence-electron chi connectivity index (χ2n) is 4.27. The van der Waals surface area contributed by atoms with Crippen LogP contribution in [0.3, 0.4) is 0 Å². The second-order valence-corrected chi connectivity index (χ2v) is 4.27. The fraction of sp³-hybridized carbons (Fsp3) is 0.154. The third-order valence-corrected chi connectivity index (χ3v) is 3.03. The van der Waals surface area contributed by atoms with Gasteiger partial charge in [0.2, 0.25) is 0 Å². The summed E-state index contributed by atoms with van der Waals surface area (Å²) in [4.78, 5) is 11.7. The van der Waals surface area contributed by atoms with E-state index in [1.807, 2.05) is 37.3 Å². The summed E-state index contributed by atoms with van der Waals surface area (Å²) in [6, 6.07) is 9.52. The number of H-pyrrole nitrogens is 1. The molecule has 0 fully saturated rings. The zero-order valence-corrected chi connectivity index (χ0v) is 11.1. The standard InChI is InChI=1S/C13H16N6O/c1-8-10(12(19-18-8)13(20)17-15)7-11(16-14)9-5-3-2-4-6-9/h2-6H,7,14-15H2,1H3,(H,17,20)(H,18,19)/b16-11-. The molecule has 7 nitrogen and oxygen atoms in total. The summed E-state index contributed by atoms with van der Waals surface area (Å²) in [5.41, 5.74) is 5.39. The molecule has 6 N–H and O–H groups in total. The molecule has 7 heteroatoms. The van der Waals surface area contributed by atoms with Crippen LogP contribution in [0.5, 0.6) is 0 Å². The van der Waals surface area contributed by atoms with Crippen molar-refractivity contribution in [2.75, 3.05) is 0 Å². The van der Waals surface area contributed by atoms with Crippen molar-refractivity contribution >= 4 is 11.6 Å². The lowest BCUT2D eigenvalue weighted by Crippen LogP contribution is -2.31. The van der Waals surface area contributed by atoms with Gasteiger partial charge in [0.05, 0.1) is 5.71 Å². The first-order chi connectivity index (χ1) is 9.67. The fourth-order valence-corrected chi connectivity index (χ4v) is 1.95. The molecule has 2 rings (SSSR count). The van der Waals surface area contributed by atoms with Gasteiger partial charge < -0.3 is 5.84 Å². The summed E-state index contributed by atoms with van der Waals surface area (Å²) in [5.74, 6) is 10.2. The second kappa shape index (κ2) is 5.98. The Morgan fingerprint density at radius 1 is 1.40 bits per heavy atom. The molecule has 20 heavy (non-hydrogen) atoms. The molecule has 1 heterocycles. The monoisotopic (exact) mass is 272 g/mol. The minimum absolute atomic E-state index is 0.252. The Hall–Kier alpha value is -2.67. The third-order valence-electron chi connectivity index (χ3n) is 3.03. The first kappa shape index (κ1) is 13.8. The summed E-state index contributed by atoms with van der Waals surface area (Å²) < 4.78 is 0. The van der Waals surface area contributed by atoms with Crippen LogP contribution in [0.4, 0.5) is 0 Å². The minimum atomic E-state index is -0.450. The molecule has 0 radical (unpaired) electrons. The number of nitrogens with zero attached hydrogens (tertiary/aromatic N) is 2. The first-order valence-electron chi connectivity index (χ1n) is 6.04. The van der Waals surface area contributed by atoms with E-state index in [-0.39, 0.29) is 5.69 Å². The van der Waals surface area contributed by atoms with E-state index < -0.39 is 5.91 Å². The summed E-state index contributed by atoms with van der Waals surface area (Å²) in [6.45, 7) is 1.83. The number of aromatic nitrogens is 2. The maximum absolute atomic E-state index is 11.7. The van der Waals surface area contributed by atoms with Crippen LogP contribution in [-0.2, 0) is 6.42 Å². The zero-order chi connectivity index (χ0) is 14.5. The number of nitrogens with two attached hydrogens (primary N) is 2. The van der Waals surface area contributed by atoms with Crippen LogP contribution < -0.4 is 17.1 Å². The van der Waals surface area contributed by atoms with E-state index in [0.717, 1.165) is 16.8 Å². The number of carbonyl (C=O) groups is 1. The smallest absolute Gasteiger partial charge is 0.285 e. The maximum atomic E-state index is 11.7. The largest absolute Gasteiger partial charge is 0.323 e. The number of hydrazone groups is 1. The topological polar surface area (TPSA) is 122 Å². The average molecular weight is 272 g/mol. The van der Waals surface area contributed by atoms with Crippen molar-refractivity contribution in [2.45, 2.75) is 13.3 Å². The number of amides is 1. The number of rotatable bonds is 4. The summed E-state index contributed by atoms with van der Waals surface area (Å²) in [7, 11) is 0. The molecule has 0 atom stereocenters. The van der Waals surface area contributed by atoms with Crippen LogP contribution in [0.25, 0.3) is 0 Å². The van der Waals surface area contributed by atoms with Crippen LogP contribution in [0, 0.1) is 6.92 Å². The average Bonchev–Trinajstić information content (AvgIpc) is 2.85. The van der Waals surface area contributed by atoms with Gasteiger partial charge in [-0.15, -0.1) is 0 Å².